The Morgan fingerprint density at radius 1 is 1.44 bits per heavy atom. The normalized spacial score (nSPS) is 15.3. The topological polar surface area (TPSA) is 59.1 Å². The highest BCUT2D eigenvalue weighted by molar-refractivity contribution is 7.89. The number of nitrogens with zero attached hydrogens (tertiary/aromatic N) is 1. The molecule has 0 bridgehead atoms. The zero-order valence-corrected chi connectivity index (χ0v) is 12.4. The minimum Gasteiger partial charge on any atom is -0.243 e. The molecule has 2 atom stereocenters. The summed E-state index contributed by atoms with van der Waals surface area (Å²) < 4.78 is 26.8. The van der Waals surface area contributed by atoms with Gasteiger partial charge in [-0.2, -0.15) is 0 Å². The molecule has 1 heterocycles. The highest BCUT2D eigenvalue weighted by Gasteiger charge is 2.21. The maximum Gasteiger partial charge on any atom is 0.243 e. The van der Waals surface area contributed by atoms with Crippen molar-refractivity contribution in [3.8, 4) is 0 Å². The van der Waals surface area contributed by atoms with Crippen molar-refractivity contribution < 1.29 is 8.42 Å². The van der Waals surface area contributed by atoms with E-state index >= 15 is 0 Å². The first kappa shape index (κ1) is 15.4. The molecule has 1 aromatic rings. The molecule has 0 aliphatic rings. The fourth-order valence-electron chi connectivity index (χ4n) is 1.72. The maximum atomic E-state index is 12.1. The molecule has 0 aliphatic heterocycles. The SMILES string of the molecule is CCC(C)CC(C)NS(=O)(=O)c1cccnc1Cl. The van der Waals surface area contributed by atoms with Crippen molar-refractivity contribution >= 4 is 21.6 Å². The van der Waals surface area contributed by atoms with Crippen molar-refractivity contribution in [2.75, 3.05) is 0 Å². The fraction of sp³-hybridized carbons (Fsp3) is 0.583. The van der Waals surface area contributed by atoms with Gasteiger partial charge in [0, 0.05) is 12.2 Å². The van der Waals surface area contributed by atoms with E-state index in [1.165, 1.54) is 12.3 Å². The molecule has 4 nitrogen and oxygen atoms in total. The number of sulfonamides is 1. The first-order chi connectivity index (χ1) is 8.36. The Balaban J connectivity index is 2.80. The van der Waals surface area contributed by atoms with Crippen LogP contribution in [0.3, 0.4) is 0 Å². The van der Waals surface area contributed by atoms with Crippen LogP contribution in [-0.4, -0.2) is 19.4 Å². The third kappa shape index (κ3) is 4.23. The molecule has 2 unspecified atom stereocenters. The zero-order chi connectivity index (χ0) is 13.8. The number of aromatic nitrogens is 1. The molecule has 1 aromatic heterocycles. The van der Waals surface area contributed by atoms with Crippen LogP contribution in [0.15, 0.2) is 23.2 Å². The van der Waals surface area contributed by atoms with Gasteiger partial charge in [0.2, 0.25) is 10.0 Å². The molecular weight excluding hydrogens is 272 g/mol. The van der Waals surface area contributed by atoms with E-state index in [1.807, 2.05) is 6.92 Å². The predicted octanol–water partition coefficient (Wildman–Crippen LogP) is 2.84. The Morgan fingerprint density at radius 2 is 2.11 bits per heavy atom. The lowest BCUT2D eigenvalue weighted by Gasteiger charge is -2.17. The van der Waals surface area contributed by atoms with Gasteiger partial charge < -0.3 is 0 Å². The fourth-order valence-corrected chi connectivity index (χ4v) is 3.43. The average molecular weight is 291 g/mol. The summed E-state index contributed by atoms with van der Waals surface area (Å²) in [7, 11) is -3.59. The van der Waals surface area contributed by atoms with Crippen molar-refractivity contribution in [1.82, 2.24) is 9.71 Å². The summed E-state index contributed by atoms with van der Waals surface area (Å²) in [5, 5.41) is 0.000685. The summed E-state index contributed by atoms with van der Waals surface area (Å²) in [5.74, 6) is 0.479. The predicted molar refractivity (Wildman–Crippen MR) is 73.1 cm³/mol. The number of halogens is 1. The van der Waals surface area contributed by atoms with Crippen molar-refractivity contribution in [3.05, 3.63) is 23.5 Å². The number of hydrogen-bond donors (Lipinski definition) is 1. The monoisotopic (exact) mass is 290 g/mol. The van der Waals surface area contributed by atoms with E-state index in [0.29, 0.717) is 5.92 Å². The van der Waals surface area contributed by atoms with Gasteiger partial charge in [0.15, 0.2) is 0 Å². The summed E-state index contributed by atoms with van der Waals surface area (Å²) in [4.78, 5) is 3.81. The standard InChI is InChI=1S/C12H19ClN2O2S/c1-4-9(2)8-10(3)15-18(16,17)11-6-5-7-14-12(11)13/h5-7,9-10,15H,4,8H2,1-3H3. The van der Waals surface area contributed by atoms with Crippen LogP contribution in [0, 0.1) is 5.92 Å². The van der Waals surface area contributed by atoms with Crippen LogP contribution >= 0.6 is 11.6 Å². The number of hydrogen-bond acceptors (Lipinski definition) is 3. The Bertz CT molecular complexity index is 491. The van der Waals surface area contributed by atoms with E-state index in [2.05, 4.69) is 23.6 Å². The van der Waals surface area contributed by atoms with Crippen molar-refractivity contribution in [2.24, 2.45) is 5.92 Å². The summed E-state index contributed by atoms with van der Waals surface area (Å²) >= 11 is 5.79. The van der Waals surface area contributed by atoms with Gasteiger partial charge in [-0.1, -0.05) is 31.9 Å². The van der Waals surface area contributed by atoms with Gasteiger partial charge in [-0.25, -0.2) is 18.1 Å². The Kier molecular flexibility index (Phi) is 5.56. The van der Waals surface area contributed by atoms with Gasteiger partial charge in [-0.3, -0.25) is 0 Å². The molecule has 0 spiro atoms. The molecule has 0 aromatic carbocycles. The quantitative estimate of drug-likeness (QED) is 0.820. The van der Waals surface area contributed by atoms with Gasteiger partial charge in [0.1, 0.15) is 10.0 Å². The molecule has 1 N–H and O–H groups in total. The molecule has 0 saturated carbocycles. The lowest BCUT2D eigenvalue weighted by atomic mass is 10.0. The van der Waals surface area contributed by atoms with Crippen LogP contribution in [-0.2, 0) is 10.0 Å². The average Bonchev–Trinajstić information content (AvgIpc) is 2.28. The summed E-state index contributed by atoms with van der Waals surface area (Å²) in [5.41, 5.74) is 0. The van der Waals surface area contributed by atoms with Crippen LogP contribution in [0.1, 0.15) is 33.6 Å². The lowest BCUT2D eigenvalue weighted by Crippen LogP contribution is -2.34. The molecule has 0 fully saturated rings. The molecule has 1 rings (SSSR count). The Morgan fingerprint density at radius 3 is 2.67 bits per heavy atom. The second kappa shape index (κ2) is 6.50. The smallest absolute Gasteiger partial charge is 0.243 e. The molecule has 6 heteroatoms. The van der Waals surface area contributed by atoms with Gasteiger partial charge in [0.25, 0.3) is 0 Å². The van der Waals surface area contributed by atoms with E-state index in [-0.39, 0.29) is 16.1 Å². The van der Waals surface area contributed by atoms with E-state index in [9.17, 15) is 8.42 Å². The molecule has 102 valence electrons. The van der Waals surface area contributed by atoms with Gasteiger partial charge in [-0.15, -0.1) is 0 Å². The highest BCUT2D eigenvalue weighted by atomic mass is 35.5. The lowest BCUT2D eigenvalue weighted by molar-refractivity contribution is 0.445. The van der Waals surface area contributed by atoms with Crippen LogP contribution in [0.4, 0.5) is 0 Å². The second-order valence-electron chi connectivity index (χ2n) is 4.56. The first-order valence-electron chi connectivity index (χ1n) is 5.99. The van der Waals surface area contributed by atoms with Crippen molar-refractivity contribution in [1.29, 1.82) is 0 Å². The van der Waals surface area contributed by atoms with E-state index in [1.54, 1.807) is 6.07 Å². The summed E-state index contributed by atoms with van der Waals surface area (Å²) in [6, 6.07) is 2.88. The van der Waals surface area contributed by atoms with Crippen LogP contribution < -0.4 is 4.72 Å². The summed E-state index contributed by atoms with van der Waals surface area (Å²) in [6.07, 6.45) is 3.29. The van der Waals surface area contributed by atoms with Gasteiger partial charge in [0.05, 0.1) is 0 Å². The minimum absolute atomic E-state index is 0.000685. The largest absolute Gasteiger partial charge is 0.243 e. The summed E-state index contributed by atoms with van der Waals surface area (Å²) in [6.45, 7) is 6.04. The Hall–Kier alpha value is -0.650. The maximum absolute atomic E-state index is 12.1. The van der Waals surface area contributed by atoms with E-state index < -0.39 is 10.0 Å². The Labute approximate surface area is 114 Å². The minimum atomic E-state index is -3.59. The molecule has 0 saturated heterocycles. The number of pyridine rings is 1. The molecule has 0 aliphatic carbocycles. The van der Waals surface area contributed by atoms with Crippen LogP contribution in [0.25, 0.3) is 0 Å². The first-order valence-corrected chi connectivity index (χ1v) is 7.85. The van der Waals surface area contributed by atoms with Crippen LogP contribution in [0.5, 0.6) is 0 Å². The molecular formula is C12H19ClN2O2S. The van der Waals surface area contributed by atoms with Crippen molar-refractivity contribution in [2.45, 2.75) is 44.6 Å². The van der Waals surface area contributed by atoms with E-state index in [0.717, 1.165) is 12.8 Å². The second-order valence-corrected chi connectivity index (χ2v) is 6.60. The van der Waals surface area contributed by atoms with Crippen molar-refractivity contribution in [3.63, 3.8) is 0 Å². The van der Waals surface area contributed by atoms with Crippen LogP contribution in [0.2, 0.25) is 5.15 Å². The van der Waals surface area contributed by atoms with Gasteiger partial charge in [-0.05, 0) is 31.4 Å². The molecule has 0 amide bonds. The number of nitrogens with one attached hydrogen (secondary N) is 1. The number of rotatable bonds is 6. The third-order valence-corrected chi connectivity index (χ3v) is 4.86. The van der Waals surface area contributed by atoms with E-state index in [4.69, 9.17) is 11.6 Å². The molecule has 0 radical (unpaired) electrons. The third-order valence-electron chi connectivity index (χ3n) is 2.82. The van der Waals surface area contributed by atoms with Gasteiger partial charge >= 0.3 is 0 Å². The molecule has 18 heavy (non-hydrogen) atoms. The zero-order valence-electron chi connectivity index (χ0n) is 10.9. The highest BCUT2D eigenvalue weighted by Crippen LogP contribution is 2.19.